The van der Waals surface area contributed by atoms with Crippen molar-refractivity contribution in [1.29, 1.82) is 0 Å². The van der Waals surface area contributed by atoms with Gasteiger partial charge in [-0.25, -0.2) is 0 Å². The molecule has 6 heteroatoms. The second-order valence-electron chi connectivity index (χ2n) is 5.15. The van der Waals surface area contributed by atoms with Gasteiger partial charge in [-0.2, -0.15) is 0 Å². The van der Waals surface area contributed by atoms with Crippen molar-refractivity contribution in [2.24, 2.45) is 0 Å². The molecule has 0 bridgehead atoms. The average Bonchev–Trinajstić information content (AvgIpc) is 3.04. The number of para-hydroxylation sites is 1. The van der Waals surface area contributed by atoms with E-state index in [2.05, 4.69) is 27.0 Å². The van der Waals surface area contributed by atoms with Gasteiger partial charge in [-0.3, -0.25) is 9.48 Å². The maximum absolute atomic E-state index is 12.3. The van der Waals surface area contributed by atoms with Gasteiger partial charge >= 0.3 is 0 Å². The molecule has 21 heavy (non-hydrogen) atoms. The molecular weight excluding hydrogens is 266 g/mol. The summed E-state index contributed by atoms with van der Waals surface area (Å²) < 4.78 is 1.76. The summed E-state index contributed by atoms with van der Waals surface area (Å²) in [5, 5.41) is 14.0. The number of hydrogen-bond acceptors (Lipinski definition) is 4. The third-order valence-corrected chi connectivity index (χ3v) is 3.64. The van der Waals surface area contributed by atoms with E-state index in [1.165, 1.54) is 5.56 Å². The molecule has 0 atom stereocenters. The van der Waals surface area contributed by atoms with Crippen molar-refractivity contribution in [1.82, 2.24) is 20.3 Å². The van der Waals surface area contributed by atoms with Crippen LogP contribution in [0.25, 0.3) is 0 Å². The largest absolute Gasteiger partial charge is 0.384 e. The Hall–Kier alpha value is -2.37. The van der Waals surface area contributed by atoms with Crippen LogP contribution >= 0.6 is 0 Å². The van der Waals surface area contributed by atoms with Crippen LogP contribution in [0.5, 0.6) is 0 Å². The van der Waals surface area contributed by atoms with Crippen molar-refractivity contribution in [3.8, 4) is 0 Å². The van der Waals surface area contributed by atoms with Gasteiger partial charge in [0, 0.05) is 25.8 Å². The van der Waals surface area contributed by atoms with Gasteiger partial charge in [-0.1, -0.05) is 17.3 Å². The van der Waals surface area contributed by atoms with Gasteiger partial charge < -0.3 is 10.6 Å². The predicted octanol–water partition coefficient (Wildman–Crippen LogP) is 1.46. The lowest BCUT2D eigenvalue weighted by molar-refractivity contribution is 0.0953. The Labute approximate surface area is 123 Å². The fourth-order valence-electron chi connectivity index (χ4n) is 2.59. The highest BCUT2D eigenvalue weighted by molar-refractivity contribution is 6.00. The molecule has 110 valence electrons. The van der Waals surface area contributed by atoms with Crippen molar-refractivity contribution < 1.29 is 4.79 Å². The zero-order valence-electron chi connectivity index (χ0n) is 11.9. The molecule has 0 spiro atoms. The zero-order chi connectivity index (χ0) is 14.5. The molecular formula is C15H19N5O. The van der Waals surface area contributed by atoms with Crippen molar-refractivity contribution in [3.63, 3.8) is 0 Å². The molecule has 2 aromatic rings. The zero-order valence-corrected chi connectivity index (χ0v) is 11.9. The maximum atomic E-state index is 12.3. The first-order valence-corrected chi connectivity index (χ1v) is 7.32. The molecule has 1 aliphatic rings. The first-order valence-electron chi connectivity index (χ1n) is 7.32. The quantitative estimate of drug-likeness (QED) is 0.816. The van der Waals surface area contributed by atoms with Gasteiger partial charge in [0.25, 0.3) is 5.91 Å². The molecule has 6 nitrogen and oxygen atoms in total. The number of aromatic nitrogens is 3. The molecule has 0 radical (unpaired) electrons. The highest BCUT2D eigenvalue weighted by Gasteiger charge is 2.16. The number of nitrogens with zero attached hydrogens (tertiary/aromatic N) is 3. The summed E-state index contributed by atoms with van der Waals surface area (Å²) in [5.41, 5.74) is 2.97. The van der Waals surface area contributed by atoms with E-state index < -0.39 is 0 Å². The topological polar surface area (TPSA) is 71.8 Å². The van der Waals surface area contributed by atoms with E-state index in [0.717, 1.165) is 43.6 Å². The summed E-state index contributed by atoms with van der Waals surface area (Å²) in [6, 6.07) is 5.92. The minimum atomic E-state index is -0.0140. The third kappa shape index (κ3) is 3.21. The Kier molecular flexibility index (Phi) is 4.14. The van der Waals surface area contributed by atoms with Crippen LogP contribution in [0.2, 0.25) is 0 Å². The van der Waals surface area contributed by atoms with Gasteiger partial charge in [0.15, 0.2) is 0 Å². The summed E-state index contributed by atoms with van der Waals surface area (Å²) in [6.45, 7) is 2.32. The third-order valence-electron chi connectivity index (χ3n) is 3.64. The molecule has 0 unspecified atom stereocenters. The van der Waals surface area contributed by atoms with E-state index in [0.29, 0.717) is 6.54 Å². The van der Waals surface area contributed by atoms with E-state index in [9.17, 15) is 4.79 Å². The molecule has 1 aliphatic heterocycles. The number of carbonyl (C=O) groups is 1. The number of fused-ring (bicyclic) bond motifs is 1. The number of carbonyl (C=O) groups excluding carboxylic acids is 1. The van der Waals surface area contributed by atoms with Crippen LogP contribution in [-0.2, 0) is 13.0 Å². The monoisotopic (exact) mass is 285 g/mol. The molecule has 2 N–H and O–H groups in total. The van der Waals surface area contributed by atoms with Crippen LogP contribution in [0.4, 0.5) is 5.69 Å². The second kappa shape index (κ2) is 6.39. The van der Waals surface area contributed by atoms with Gasteiger partial charge in [0.1, 0.15) is 0 Å². The minimum absolute atomic E-state index is 0.0140. The Bertz CT molecular complexity index is 609. The summed E-state index contributed by atoms with van der Waals surface area (Å²) in [4.78, 5) is 12.3. The first kappa shape index (κ1) is 13.6. The predicted molar refractivity (Wildman–Crippen MR) is 80.2 cm³/mol. The van der Waals surface area contributed by atoms with Crippen LogP contribution in [0, 0.1) is 0 Å². The lowest BCUT2D eigenvalue weighted by Crippen LogP contribution is -2.27. The highest BCUT2D eigenvalue weighted by Crippen LogP contribution is 2.25. The van der Waals surface area contributed by atoms with E-state index in [1.54, 1.807) is 10.9 Å². The van der Waals surface area contributed by atoms with E-state index in [-0.39, 0.29) is 5.91 Å². The number of amides is 1. The number of hydrogen-bond donors (Lipinski definition) is 2. The highest BCUT2D eigenvalue weighted by atomic mass is 16.1. The summed E-state index contributed by atoms with van der Waals surface area (Å²) in [6.07, 6.45) is 6.46. The molecule has 1 aromatic heterocycles. The molecule has 1 aromatic carbocycles. The molecule has 0 saturated heterocycles. The van der Waals surface area contributed by atoms with Crippen LogP contribution in [0.1, 0.15) is 28.8 Å². The van der Waals surface area contributed by atoms with Crippen molar-refractivity contribution in [2.75, 3.05) is 18.4 Å². The van der Waals surface area contributed by atoms with Gasteiger partial charge in [-0.15, -0.1) is 5.10 Å². The summed E-state index contributed by atoms with van der Waals surface area (Å²) in [5.74, 6) is -0.0140. The van der Waals surface area contributed by atoms with Crippen LogP contribution in [0.15, 0.2) is 30.6 Å². The van der Waals surface area contributed by atoms with E-state index in [4.69, 9.17) is 0 Å². The normalized spacial score (nSPS) is 13.3. The number of benzene rings is 1. The Morgan fingerprint density at radius 3 is 3.24 bits per heavy atom. The Balaban J connectivity index is 1.56. The van der Waals surface area contributed by atoms with Crippen LogP contribution < -0.4 is 10.6 Å². The van der Waals surface area contributed by atoms with Gasteiger partial charge in [-0.05, 0) is 30.9 Å². The number of nitrogens with one attached hydrogen (secondary N) is 2. The molecule has 2 heterocycles. The molecule has 3 rings (SSSR count). The SMILES string of the molecule is O=C(NCCCn1ccnn1)c1cccc2c1NCCC2. The number of rotatable bonds is 5. The van der Waals surface area contributed by atoms with Crippen molar-refractivity contribution in [2.45, 2.75) is 25.8 Å². The number of aryl methyl sites for hydroxylation is 2. The van der Waals surface area contributed by atoms with Crippen LogP contribution in [0.3, 0.4) is 0 Å². The maximum Gasteiger partial charge on any atom is 0.253 e. The average molecular weight is 285 g/mol. The van der Waals surface area contributed by atoms with E-state index in [1.807, 2.05) is 18.3 Å². The molecule has 0 fully saturated rings. The Morgan fingerprint density at radius 2 is 2.38 bits per heavy atom. The standard InChI is InChI=1S/C15H19N5O/c21-15(17-8-3-10-20-11-9-18-19-20)13-6-1-4-12-5-2-7-16-14(12)13/h1,4,6,9,11,16H,2-3,5,7-8,10H2,(H,17,21). The second-order valence-corrected chi connectivity index (χ2v) is 5.15. The number of anilines is 1. The smallest absolute Gasteiger partial charge is 0.253 e. The summed E-state index contributed by atoms with van der Waals surface area (Å²) >= 11 is 0. The van der Waals surface area contributed by atoms with Crippen molar-refractivity contribution >= 4 is 11.6 Å². The lowest BCUT2D eigenvalue weighted by atomic mass is 9.99. The van der Waals surface area contributed by atoms with Crippen LogP contribution in [-0.4, -0.2) is 34.0 Å². The molecule has 1 amide bonds. The van der Waals surface area contributed by atoms with Crippen molar-refractivity contribution in [3.05, 3.63) is 41.7 Å². The first-order chi connectivity index (χ1) is 10.3. The fraction of sp³-hybridized carbons (Fsp3) is 0.400. The lowest BCUT2D eigenvalue weighted by Gasteiger charge is -2.20. The summed E-state index contributed by atoms with van der Waals surface area (Å²) in [7, 11) is 0. The van der Waals surface area contributed by atoms with E-state index >= 15 is 0 Å². The molecule has 0 aliphatic carbocycles. The molecule has 0 saturated carbocycles. The van der Waals surface area contributed by atoms with Gasteiger partial charge in [0.2, 0.25) is 0 Å². The minimum Gasteiger partial charge on any atom is -0.384 e. The fourth-order valence-corrected chi connectivity index (χ4v) is 2.59. The van der Waals surface area contributed by atoms with Gasteiger partial charge in [0.05, 0.1) is 17.4 Å². The Morgan fingerprint density at radius 1 is 1.43 bits per heavy atom.